The molecule has 0 aromatic heterocycles. The zero-order valence-electron chi connectivity index (χ0n) is 21.8. The second-order valence-electron chi connectivity index (χ2n) is 14.5. The van der Waals surface area contributed by atoms with Crippen molar-refractivity contribution in [2.45, 2.75) is 132 Å². The molecule has 0 aliphatic heterocycles. The third-order valence-electron chi connectivity index (χ3n) is 11.8. The molecule has 6 atom stereocenters. The van der Waals surface area contributed by atoms with Crippen LogP contribution in [0.2, 0.25) is 0 Å². The van der Waals surface area contributed by atoms with Gasteiger partial charge in [0.1, 0.15) is 0 Å². The first-order chi connectivity index (χ1) is 13.9. The summed E-state index contributed by atoms with van der Waals surface area (Å²) in [5.41, 5.74) is 4.48. The number of rotatable bonds is 4. The summed E-state index contributed by atoms with van der Waals surface area (Å²) in [6.07, 6.45) is 20.0. The van der Waals surface area contributed by atoms with Crippen molar-refractivity contribution in [3.05, 3.63) is 11.6 Å². The average Bonchev–Trinajstić information content (AvgIpc) is 2.62. The molecule has 0 unspecified atom stereocenters. The summed E-state index contributed by atoms with van der Waals surface area (Å²) in [5.74, 6) is 2.68. The van der Waals surface area contributed by atoms with Gasteiger partial charge in [-0.25, -0.2) is 0 Å². The van der Waals surface area contributed by atoms with Crippen LogP contribution in [-0.2, 0) is 0 Å². The van der Waals surface area contributed by atoms with Crippen LogP contribution in [0.3, 0.4) is 0 Å². The van der Waals surface area contributed by atoms with E-state index in [1.807, 2.05) is 5.57 Å². The zero-order chi connectivity index (χ0) is 22.0. The second-order valence-corrected chi connectivity index (χ2v) is 14.5. The SMILES string of the molecule is CC(C)CCC[C@]1(C)CC[C@]2(C)C(=CC[C@@H]3[C@@]4(C)CCCC(C)(C)[C@@H]4CC[C@]32C)C1. The Morgan fingerprint density at radius 2 is 1.63 bits per heavy atom. The molecule has 0 spiro atoms. The van der Waals surface area contributed by atoms with Crippen LogP contribution in [0.4, 0.5) is 0 Å². The molecule has 3 saturated carbocycles. The van der Waals surface area contributed by atoms with Gasteiger partial charge in [-0.2, -0.15) is 0 Å². The quantitative estimate of drug-likeness (QED) is 0.403. The molecule has 0 amide bonds. The molecule has 30 heavy (non-hydrogen) atoms. The van der Waals surface area contributed by atoms with Crippen LogP contribution in [0.1, 0.15) is 132 Å². The maximum absolute atomic E-state index is 2.79. The highest BCUT2D eigenvalue weighted by atomic mass is 14.7. The third kappa shape index (κ3) is 3.37. The number of fused-ring (bicyclic) bond motifs is 5. The van der Waals surface area contributed by atoms with Gasteiger partial charge in [-0.1, -0.05) is 86.3 Å². The van der Waals surface area contributed by atoms with E-state index in [4.69, 9.17) is 0 Å². The van der Waals surface area contributed by atoms with Gasteiger partial charge in [0.15, 0.2) is 0 Å². The van der Waals surface area contributed by atoms with E-state index in [0.717, 1.165) is 17.8 Å². The first-order valence-electron chi connectivity index (χ1n) is 13.6. The van der Waals surface area contributed by atoms with Crippen LogP contribution in [0.25, 0.3) is 0 Å². The van der Waals surface area contributed by atoms with E-state index in [-0.39, 0.29) is 0 Å². The Balaban J connectivity index is 1.60. The number of allylic oxidation sites excluding steroid dienone is 2. The summed E-state index contributed by atoms with van der Waals surface area (Å²) < 4.78 is 0. The van der Waals surface area contributed by atoms with Gasteiger partial charge in [-0.15, -0.1) is 0 Å². The molecule has 172 valence electrons. The van der Waals surface area contributed by atoms with Crippen LogP contribution in [-0.4, -0.2) is 0 Å². The van der Waals surface area contributed by atoms with Crippen molar-refractivity contribution in [1.82, 2.24) is 0 Å². The normalized spacial score (nSPS) is 47.8. The Morgan fingerprint density at radius 1 is 0.900 bits per heavy atom. The third-order valence-corrected chi connectivity index (χ3v) is 11.8. The van der Waals surface area contributed by atoms with Crippen molar-refractivity contribution in [2.24, 2.45) is 44.8 Å². The van der Waals surface area contributed by atoms with Crippen LogP contribution in [0.5, 0.6) is 0 Å². The fourth-order valence-electron chi connectivity index (χ4n) is 9.66. The summed E-state index contributed by atoms with van der Waals surface area (Å²) in [6.45, 7) is 20.7. The van der Waals surface area contributed by atoms with Crippen LogP contribution in [0, 0.1) is 44.8 Å². The highest BCUT2D eigenvalue weighted by molar-refractivity contribution is 5.30. The number of hydrogen-bond acceptors (Lipinski definition) is 0. The summed E-state index contributed by atoms with van der Waals surface area (Å²) >= 11 is 0. The van der Waals surface area contributed by atoms with Gasteiger partial charge in [0.2, 0.25) is 0 Å². The van der Waals surface area contributed by atoms with E-state index in [2.05, 4.69) is 61.5 Å². The first kappa shape index (κ1) is 22.9. The molecule has 0 nitrogen and oxygen atoms in total. The summed E-state index contributed by atoms with van der Waals surface area (Å²) in [7, 11) is 0. The Bertz CT molecular complexity index is 682. The second kappa shape index (κ2) is 7.38. The Hall–Kier alpha value is -0.260. The largest absolute Gasteiger partial charge is 0.0844 e. The smallest absolute Gasteiger partial charge is 0.00593 e. The molecular weight excluding hydrogens is 360 g/mol. The molecule has 0 N–H and O–H groups in total. The van der Waals surface area contributed by atoms with Crippen LogP contribution >= 0.6 is 0 Å². The maximum Gasteiger partial charge on any atom is -0.00593 e. The minimum absolute atomic E-state index is 0.447. The lowest BCUT2D eigenvalue weighted by molar-refractivity contribution is -0.172. The molecule has 0 heteroatoms. The van der Waals surface area contributed by atoms with Crippen molar-refractivity contribution in [2.75, 3.05) is 0 Å². The van der Waals surface area contributed by atoms with Gasteiger partial charge < -0.3 is 0 Å². The van der Waals surface area contributed by atoms with E-state index in [9.17, 15) is 0 Å². The highest BCUT2D eigenvalue weighted by Gasteiger charge is 2.65. The standard InChI is InChI=1S/C30H52/c1-22(2)11-9-16-27(5)19-20-29(7)23(21-27)12-13-25-28(6)17-10-15-26(3,4)24(28)14-18-30(25,29)8/h12,22,24-25H,9-11,13-21H2,1-8H3/t24-,25+,27+,28-,29+,30+/m0/s1. The molecule has 4 aliphatic rings. The van der Waals surface area contributed by atoms with Gasteiger partial charge in [-0.3, -0.25) is 0 Å². The van der Waals surface area contributed by atoms with Crippen molar-refractivity contribution in [3.8, 4) is 0 Å². The van der Waals surface area contributed by atoms with Crippen molar-refractivity contribution in [3.63, 3.8) is 0 Å². The van der Waals surface area contributed by atoms with E-state index in [0.29, 0.717) is 27.1 Å². The van der Waals surface area contributed by atoms with Gasteiger partial charge in [0.05, 0.1) is 0 Å². The van der Waals surface area contributed by atoms with E-state index in [1.165, 1.54) is 77.0 Å². The Labute approximate surface area is 189 Å². The molecule has 4 rings (SSSR count). The molecular formula is C30H52. The molecule has 0 heterocycles. The maximum atomic E-state index is 2.79. The van der Waals surface area contributed by atoms with Crippen molar-refractivity contribution < 1.29 is 0 Å². The van der Waals surface area contributed by atoms with E-state index in [1.54, 1.807) is 0 Å². The van der Waals surface area contributed by atoms with Crippen LogP contribution < -0.4 is 0 Å². The minimum Gasteiger partial charge on any atom is -0.0844 e. The van der Waals surface area contributed by atoms with Gasteiger partial charge in [-0.05, 0) is 103 Å². The fourth-order valence-corrected chi connectivity index (χ4v) is 9.66. The average molecular weight is 413 g/mol. The van der Waals surface area contributed by atoms with E-state index >= 15 is 0 Å². The lowest BCUT2D eigenvalue weighted by Gasteiger charge is -2.69. The van der Waals surface area contributed by atoms with Crippen LogP contribution in [0.15, 0.2) is 11.6 Å². The fraction of sp³-hybridized carbons (Fsp3) is 0.933. The van der Waals surface area contributed by atoms with E-state index < -0.39 is 0 Å². The number of hydrogen-bond donors (Lipinski definition) is 0. The van der Waals surface area contributed by atoms with Crippen molar-refractivity contribution >= 4 is 0 Å². The molecule has 0 aromatic carbocycles. The topological polar surface area (TPSA) is 0 Å². The summed E-state index contributed by atoms with van der Waals surface area (Å²) in [5, 5.41) is 0. The summed E-state index contributed by atoms with van der Waals surface area (Å²) in [4.78, 5) is 0. The van der Waals surface area contributed by atoms with Gasteiger partial charge >= 0.3 is 0 Å². The Kier molecular flexibility index (Phi) is 5.64. The molecule has 3 fully saturated rings. The molecule has 0 radical (unpaired) electrons. The minimum atomic E-state index is 0.447. The molecule has 4 aliphatic carbocycles. The Morgan fingerprint density at radius 3 is 2.33 bits per heavy atom. The summed E-state index contributed by atoms with van der Waals surface area (Å²) in [6, 6.07) is 0. The van der Waals surface area contributed by atoms with Crippen molar-refractivity contribution in [1.29, 1.82) is 0 Å². The molecule has 0 saturated heterocycles. The predicted molar refractivity (Wildman–Crippen MR) is 132 cm³/mol. The zero-order valence-corrected chi connectivity index (χ0v) is 21.8. The van der Waals surface area contributed by atoms with Gasteiger partial charge in [0, 0.05) is 0 Å². The monoisotopic (exact) mass is 412 g/mol. The van der Waals surface area contributed by atoms with Gasteiger partial charge in [0.25, 0.3) is 0 Å². The highest BCUT2D eigenvalue weighted by Crippen LogP contribution is 2.73. The molecule has 0 bridgehead atoms. The lowest BCUT2D eigenvalue weighted by atomic mass is 9.35. The molecule has 0 aromatic rings. The first-order valence-corrected chi connectivity index (χ1v) is 13.6. The predicted octanol–water partition coefficient (Wildman–Crippen LogP) is 9.59. The lowest BCUT2D eigenvalue weighted by Crippen LogP contribution is -2.61.